The van der Waals surface area contributed by atoms with Gasteiger partial charge in [-0.15, -0.1) is 11.3 Å². The van der Waals surface area contributed by atoms with Crippen molar-refractivity contribution >= 4 is 22.9 Å². The molecule has 0 radical (unpaired) electrons. The van der Waals surface area contributed by atoms with Crippen LogP contribution in [0.5, 0.6) is 0 Å². The number of nitrogens with one attached hydrogen (secondary N) is 1. The number of aryl methyl sites for hydroxylation is 2. The van der Waals surface area contributed by atoms with E-state index in [0.29, 0.717) is 4.88 Å². The van der Waals surface area contributed by atoms with E-state index in [-0.39, 0.29) is 5.91 Å². The van der Waals surface area contributed by atoms with Crippen molar-refractivity contribution in [2.75, 3.05) is 5.32 Å². The van der Waals surface area contributed by atoms with Crippen molar-refractivity contribution < 1.29 is 4.79 Å². The summed E-state index contributed by atoms with van der Waals surface area (Å²) in [7, 11) is 0. The number of nitrogens with zero attached hydrogens (tertiary/aromatic N) is 1. The number of hydrogen-bond donors (Lipinski definition) is 1. The standard InChI is InChI=1S/C21H22N2OS/c1-3-4-8-16-11-13-18(14-12-16)23-20(24)19-15(2)22-21(25-19)17-9-6-5-7-10-17/h5-7,9-14H,3-4,8H2,1-2H3,(H,23,24). The molecule has 0 aliphatic heterocycles. The van der Waals surface area contributed by atoms with Crippen molar-refractivity contribution in [1.29, 1.82) is 0 Å². The molecule has 0 atom stereocenters. The fourth-order valence-corrected chi connectivity index (χ4v) is 3.60. The zero-order chi connectivity index (χ0) is 17.6. The summed E-state index contributed by atoms with van der Waals surface area (Å²) in [5.41, 5.74) is 3.93. The highest BCUT2D eigenvalue weighted by molar-refractivity contribution is 7.17. The number of anilines is 1. The largest absolute Gasteiger partial charge is 0.321 e. The van der Waals surface area contributed by atoms with E-state index in [1.165, 1.54) is 29.7 Å². The van der Waals surface area contributed by atoms with Gasteiger partial charge in [-0.3, -0.25) is 4.79 Å². The maximum absolute atomic E-state index is 12.6. The Labute approximate surface area is 152 Å². The van der Waals surface area contributed by atoms with Gasteiger partial charge in [0.2, 0.25) is 0 Å². The molecule has 0 unspecified atom stereocenters. The van der Waals surface area contributed by atoms with Crippen molar-refractivity contribution in [1.82, 2.24) is 4.98 Å². The second-order valence-electron chi connectivity index (χ2n) is 6.05. The van der Waals surface area contributed by atoms with Crippen LogP contribution in [0.25, 0.3) is 10.6 Å². The molecule has 4 heteroatoms. The molecule has 0 saturated heterocycles. The Morgan fingerprint density at radius 2 is 1.80 bits per heavy atom. The maximum Gasteiger partial charge on any atom is 0.267 e. The number of rotatable bonds is 6. The molecule has 128 valence electrons. The molecule has 1 amide bonds. The van der Waals surface area contributed by atoms with Crippen molar-refractivity contribution in [3.05, 3.63) is 70.7 Å². The number of hydrogen-bond acceptors (Lipinski definition) is 3. The van der Waals surface area contributed by atoms with E-state index in [0.717, 1.165) is 28.4 Å². The van der Waals surface area contributed by atoms with Gasteiger partial charge in [0.05, 0.1) is 5.69 Å². The predicted octanol–water partition coefficient (Wildman–Crippen LogP) is 5.71. The molecule has 0 aliphatic carbocycles. The molecule has 25 heavy (non-hydrogen) atoms. The summed E-state index contributed by atoms with van der Waals surface area (Å²) in [5, 5.41) is 3.85. The number of carbonyl (C=O) groups is 1. The Bertz CT molecular complexity index is 838. The highest BCUT2D eigenvalue weighted by Gasteiger charge is 2.16. The zero-order valence-electron chi connectivity index (χ0n) is 14.6. The van der Waals surface area contributed by atoms with E-state index in [1.807, 2.05) is 49.4 Å². The first-order valence-corrected chi connectivity index (χ1v) is 9.42. The van der Waals surface area contributed by atoms with Crippen LogP contribution in [0.1, 0.15) is 40.7 Å². The van der Waals surface area contributed by atoms with Crippen LogP contribution in [-0.4, -0.2) is 10.9 Å². The minimum atomic E-state index is -0.0986. The molecule has 0 bridgehead atoms. The quantitative estimate of drug-likeness (QED) is 0.618. The fourth-order valence-electron chi connectivity index (χ4n) is 2.63. The van der Waals surface area contributed by atoms with Gasteiger partial charge >= 0.3 is 0 Å². The van der Waals surface area contributed by atoms with Gasteiger partial charge in [-0.05, 0) is 37.5 Å². The summed E-state index contributed by atoms with van der Waals surface area (Å²) in [6.07, 6.45) is 3.46. The van der Waals surface area contributed by atoms with Crippen LogP contribution in [0.3, 0.4) is 0 Å². The van der Waals surface area contributed by atoms with Gasteiger partial charge in [-0.25, -0.2) is 4.98 Å². The third kappa shape index (κ3) is 4.34. The first kappa shape index (κ1) is 17.4. The van der Waals surface area contributed by atoms with Crippen LogP contribution in [0.2, 0.25) is 0 Å². The van der Waals surface area contributed by atoms with Crippen LogP contribution >= 0.6 is 11.3 Å². The lowest BCUT2D eigenvalue weighted by molar-refractivity contribution is 0.103. The van der Waals surface area contributed by atoms with E-state index in [1.54, 1.807) is 0 Å². The lowest BCUT2D eigenvalue weighted by atomic mass is 10.1. The molecule has 0 aliphatic rings. The molecule has 1 aromatic heterocycles. The predicted molar refractivity (Wildman–Crippen MR) is 105 cm³/mol. The lowest BCUT2D eigenvalue weighted by Crippen LogP contribution is -2.11. The van der Waals surface area contributed by atoms with Gasteiger partial charge in [0, 0.05) is 11.3 Å². The summed E-state index contributed by atoms with van der Waals surface area (Å²) in [6.45, 7) is 4.07. The first-order valence-electron chi connectivity index (χ1n) is 8.60. The highest BCUT2D eigenvalue weighted by Crippen LogP contribution is 2.28. The number of benzene rings is 2. The van der Waals surface area contributed by atoms with E-state index < -0.39 is 0 Å². The smallest absolute Gasteiger partial charge is 0.267 e. The lowest BCUT2D eigenvalue weighted by Gasteiger charge is -2.05. The minimum absolute atomic E-state index is 0.0986. The normalized spacial score (nSPS) is 10.6. The molecule has 3 aromatic rings. The summed E-state index contributed by atoms with van der Waals surface area (Å²) in [4.78, 5) is 17.8. The van der Waals surface area contributed by atoms with Crippen LogP contribution in [0.15, 0.2) is 54.6 Å². The average molecular weight is 350 g/mol. The third-order valence-electron chi connectivity index (χ3n) is 4.05. The summed E-state index contributed by atoms with van der Waals surface area (Å²) >= 11 is 1.43. The van der Waals surface area contributed by atoms with Gasteiger partial charge in [0.25, 0.3) is 5.91 Å². The molecule has 0 fully saturated rings. The molecule has 0 saturated carbocycles. The van der Waals surface area contributed by atoms with Gasteiger partial charge in [0.15, 0.2) is 0 Å². The fraction of sp³-hybridized carbons (Fsp3) is 0.238. The van der Waals surface area contributed by atoms with E-state index in [4.69, 9.17) is 0 Å². The van der Waals surface area contributed by atoms with Crippen molar-refractivity contribution in [2.24, 2.45) is 0 Å². The monoisotopic (exact) mass is 350 g/mol. The van der Waals surface area contributed by atoms with Gasteiger partial charge < -0.3 is 5.32 Å². The number of thiazole rings is 1. The minimum Gasteiger partial charge on any atom is -0.321 e. The Morgan fingerprint density at radius 3 is 2.48 bits per heavy atom. The van der Waals surface area contributed by atoms with E-state index in [2.05, 4.69) is 29.4 Å². The maximum atomic E-state index is 12.6. The number of amides is 1. The second kappa shape index (κ2) is 8.08. The molecule has 0 spiro atoms. The number of aromatic nitrogens is 1. The molecule has 3 rings (SSSR count). The van der Waals surface area contributed by atoms with Crippen molar-refractivity contribution in [3.63, 3.8) is 0 Å². The molecule has 1 heterocycles. The van der Waals surface area contributed by atoms with Gasteiger partial charge in [0.1, 0.15) is 9.88 Å². The highest BCUT2D eigenvalue weighted by atomic mass is 32.1. The van der Waals surface area contributed by atoms with Crippen LogP contribution < -0.4 is 5.32 Å². The van der Waals surface area contributed by atoms with Crippen LogP contribution in [-0.2, 0) is 6.42 Å². The molecule has 2 aromatic carbocycles. The van der Waals surface area contributed by atoms with Crippen molar-refractivity contribution in [2.45, 2.75) is 33.1 Å². The topological polar surface area (TPSA) is 42.0 Å². The molecular formula is C21H22N2OS. The van der Waals surface area contributed by atoms with Crippen LogP contribution in [0.4, 0.5) is 5.69 Å². The molecular weight excluding hydrogens is 328 g/mol. The Kier molecular flexibility index (Phi) is 5.61. The number of carbonyl (C=O) groups excluding carboxylic acids is 1. The SMILES string of the molecule is CCCCc1ccc(NC(=O)c2sc(-c3ccccc3)nc2C)cc1. The van der Waals surface area contributed by atoms with Gasteiger partial charge in [-0.2, -0.15) is 0 Å². The summed E-state index contributed by atoms with van der Waals surface area (Å²) < 4.78 is 0. The summed E-state index contributed by atoms with van der Waals surface area (Å²) in [6, 6.07) is 18.1. The average Bonchev–Trinajstić information content (AvgIpc) is 3.04. The summed E-state index contributed by atoms with van der Waals surface area (Å²) in [5.74, 6) is -0.0986. The Morgan fingerprint density at radius 1 is 1.08 bits per heavy atom. The second-order valence-corrected chi connectivity index (χ2v) is 7.05. The van der Waals surface area contributed by atoms with Crippen molar-refractivity contribution in [3.8, 4) is 10.6 Å². The zero-order valence-corrected chi connectivity index (χ0v) is 15.4. The Balaban J connectivity index is 1.72. The first-order chi connectivity index (χ1) is 12.2. The number of unbranched alkanes of at least 4 members (excludes halogenated alkanes) is 1. The van der Waals surface area contributed by atoms with E-state index >= 15 is 0 Å². The molecule has 1 N–H and O–H groups in total. The molecule has 3 nitrogen and oxygen atoms in total. The third-order valence-corrected chi connectivity index (χ3v) is 5.26. The van der Waals surface area contributed by atoms with Gasteiger partial charge in [-0.1, -0.05) is 55.8 Å². The van der Waals surface area contributed by atoms with E-state index in [9.17, 15) is 4.79 Å². The van der Waals surface area contributed by atoms with Crippen LogP contribution in [0, 0.1) is 6.92 Å². The Hall–Kier alpha value is -2.46.